The van der Waals surface area contributed by atoms with Gasteiger partial charge in [0.15, 0.2) is 0 Å². The molecule has 1 rings (SSSR count). The van der Waals surface area contributed by atoms with Gasteiger partial charge in [0.1, 0.15) is 5.25 Å². The van der Waals surface area contributed by atoms with Gasteiger partial charge in [0.25, 0.3) is 0 Å². The van der Waals surface area contributed by atoms with Crippen LogP contribution in [0.4, 0.5) is 0 Å². The second-order valence-corrected chi connectivity index (χ2v) is 4.58. The van der Waals surface area contributed by atoms with Crippen LogP contribution >= 0.6 is 21.6 Å². The zero-order valence-corrected chi connectivity index (χ0v) is 6.50. The maximum Gasteiger partial charge on any atom is 0.317 e. The molecule has 0 aliphatic carbocycles. The van der Waals surface area contributed by atoms with Crippen molar-refractivity contribution in [2.24, 2.45) is 0 Å². The highest BCUT2D eigenvalue weighted by Gasteiger charge is 2.20. The smallest absolute Gasteiger partial charge is 0.317 e. The molecule has 0 aromatic carbocycles. The Balaban J connectivity index is 2.31. The molecule has 0 saturated carbocycles. The average Bonchev–Trinajstić information content (AvgIpc) is 1.90. The van der Waals surface area contributed by atoms with Crippen LogP contribution in [0.1, 0.15) is 12.8 Å². The van der Waals surface area contributed by atoms with Crippen molar-refractivity contribution in [2.75, 3.05) is 5.75 Å². The van der Waals surface area contributed by atoms with E-state index in [-0.39, 0.29) is 5.25 Å². The van der Waals surface area contributed by atoms with Crippen molar-refractivity contribution in [1.82, 2.24) is 0 Å². The molecule has 1 N–H and O–H groups in total. The summed E-state index contributed by atoms with van der Waals surface area (Å²) in [5.41, 5.74) is 0. The predicted molar refractivity (Wildman–Crippen MR) is 40.7 cm³/mol. The van der Waals surface area contributed by atoms with Gasteiger partial charge in [-0.25, -0.2) is 0 Å². The molecular formula is C5H8O2S2. The summed E-state index contributed by atoms with van der Waals surface area (Å²) < 4.78 is 0. The van der Waals surface area contributed by atoms with Gasteiger partial charge < -0.3 is 5.11 Å². The first kappa shape index (κ1) is 7.28. The molecule has 1 aliphatic rings. The molecule has 0 amide bonds. The van der Waals surface area contributed by atoms with Gasteiger partial charge in [-0.1, -0.05) is 21.6 Å². The summed E-state index contributed by atoms with van der Waals surface area (Å²) in [7, 11) is 3.16. The molecule has 52 valence electrons. The fraction of sp³-hybridized carbons (Fsp3) is 0.800. The summed E-state index contributed by atoms with van der Waals surface area (Å²) >= 11 is 0. The van der Waals surface area contributed by atoms with Crippen LogP contribution in [-0.2, 0) is 4.79 Å². The summed E-state index contributed by atoms with van der Waals surface area (Å²) in [6.07, 6.45) is 1.89. The quantitative estimate of drug-likeness (QED) is 0.597. The highest BCUT2D eigenvalue weighted by molar-refractivity contribution is 8.77. The highest BCUT2D eigenvalue weighted by Crippen LogP contribution is 2.35. The molecular weight excluding hydrogens is 156 g/mol. The first-order chi connectivity index (χ1) is 4.30. The molecule has 1 unspecified atom stereocenters. The van der Waals surface area contributed by atoms with Crippen LogP contribution in [0.25, 0.3) is 0 Å². The Morgan fingerprint density at radius 3 is 2.78 bits per heavy atom. The van der Waals surface area contributed by atoms with Crippen molar-refractivity contribution in [3.63, 3.8) is 0 Å². The van der Waals surface area contributed by atoms with E-state index >= 15 is 0 Å². The fourth-order valence-electron chi connectivity index (χ4n) is 0.671. The normalized spacial score (nSPS) is 27.8. The minimum Gasteiger partial charge on any atom is -0.480 e. The Kier molecular flexibility index (Phi) is 2.72. The van der Waals surface area contributed by atoms with Crippen LogP contribution in [0.15, 0.2) is 0 Å². The van der Waals surface area contributed by atoms with E-state index in [1.54, 1.807) is 10.8 Å². The highest BCUT2D eigenvalue weighted by atomic mass is 33.1. The Morgan fingerprint density at radius 1 is 1.67 bits per heavy atom. The van der Waals surface area contributed by atoms with Gasteiger partial charge in [0.05, 0.1) is 0 Å². The maximum absolute atomic E-state index is 10.3. The van der Waals surface area contributed by atoms with E-state index in [0.717, 1.165) is 18.6 Å². The standard InChI is InChI=1S/C5H8O2S2/c6-5(7)4-2-1-3-8-9-4/h4H,1-3H2,(H,6,7). The largest absolute Gasteiger partial charge is 0.480 e. The third-order valence-corrected chi connectivity index (χ3v) is 4.02. The van der Waals surface area contributed by atoms with E-state index in [0.29, 0.717) is 0 Å². The van der Waals surface area contributed by atoms with E-state index in [2.05, 4.69) is 0 Å². The Bertz CT molecular complexity index is 110. The van der Waals surface area contributed by atoms with Gasteiger partial charge in [-0.2, -0.15) is 0 Å². The lowest BCUT2D eigenvalue weighted by atomic mass is 10.2. The summed E-state index contributed by atoms with van der Waals surface area (Å²) in [5.74, 6) is 0.446. The molecule has 1 heterocycles. The van der Waals surface area contributed by atoms with Crippen molar-refractivity contribution in [3.8, 4) is 0 Å². The van der Waals surface area contributed by atoms with Gasteiger partial charge >= 0.3 is 5.97 Å². The number of hydrogen-bond donors (Lipinski definition) is 1. The van der Waals surface area contributed by atoms with Crippen LogP contribution in [0.3, 0.4) is 0 Å². The van der Waals surface area contributed by atoms with Crippen LogP contribution in [-0.4, -0.2) is 22.1 Å². The predicted octanol–water partition coefficient (Wildman–Crippen LogP) is 1.61. The van der Waals surface area contributed by atoms with Crippen LogP contribution in [0, 0.1) is 0 Å². The van der Waals surface area contributed by atoms with E-state index in [1.165, 1.54) is 10.8 Å². The van der Waals surface area contributed by atoms with E-state index < -0.39 is 5.97 Å². The molecule has 1 aliphatic heterocycles. The number of carbonyl (C=O) groups is 1. The fourth-order valence-corrected chi connectivity index (χ4v) is 3.23. The van der Waals surface area contributed by atoms with E-state index in [9.17, 15) is 4.79 Å². The van der Waals surface area contributed by atoms with Gasteiger partial charge in [-0.05, 0) is 12.8 Å². The van der Waals surface area contributed by atoms with Crippen molar-refractivity contribution in [1.29, 1.82) is 0 Å². The van der Waals surface area contributed by atoms with Gasteiger partial charge in [-0.3, -0.25) is 4.79 Å². The van der Waals surface area contributed by atoms with Crippen molar-refractivity contribution in [2.45, 2.75) is 18.1 Å². The lowest BCUT2D eigenvalue weighted by Gasteiger charge is -2.15. The molecule has 0 bridgehead atoms. The minimum absolute atomic E-state index is 0.149. The molecule has 1 saturated heterocycles. The van der Waals surface area contributed by atoms with Crippen LogP contribution in [0.2, 0.25) is 0 Å². The van der Waals surface area contributed by atoms with Crippen LogP contribution < -0.4 is 0 Å². The summed E-state index contributed by atoms with van der Waals surface area (Å²) in [4.78, 5) is 10.3. The topological polar surface area (TPSA) is 37.3 Å². The van der Waals surface area contributed by atoms with Crippen LogP contribution in [0.5, 0.6) is 0 Å². The molecule has 2 nitrogen and oxygen atoms in total. The zero-order valence-electron chi connectivity index (χ0n) is 4.87. The SMILES string of the molecule is O=C(O)C1CCCSS1. The Labute approximate surface area is 61.8 Å². The minimum atomic E-state index is -0.660. The average molecular weight is 164 g/mol. The van der Waals surface area contributed by atoms with Crippen molar-refractivity contribution in [3.05, 3.63) is 0 Å². The monoisotopic (exact) mass is 164 g/mol. The molecule has 0 spiro atoms. The molecule has 1 atom stereocenters. The number of carboxylic acid groups (broad SMARTS) is 1. The summed E-state index contributed by atoms with van der Waals surface area (Å²) in [6.45, 7) is 0. The molecule has 0 aromatic heterocycles. The third kappa shape index (κ3) is 2.10. The van der Waals surface area contributed by atoms with Crippen molar-refractivity contribution < 1.29 is 9.90 Å². The van der Waals surface area contributed by atoms with Crippen molar-refractivity contribution >= 4 is 27.6 Å². The van der Waals surface area contributed by atoms with E-state index in [4.69, 9.17) is 5.11 Å². The lowest BCUT2D eigenvalue weighted by Crippen LogP contribution is -2.17. The lowest BCUT2D eigenvalue weighted by molar-refractivity contribution is -0.136. The summed E-state index contributed by atoms with van der Waals surface area (Å²) in [5, 5.41) is 8.35. The Morgan fingerprint density at radius 2 is 2.44 bits per heavy atom. The number of rotatable bonds is 1. The zero-order chi connectivity index (χ0) is 6.69. The van der Waals surface area contributed by atoms with Gasteiger partial charge in [0.2, 0.25) is 0 Å². The first-order valence-corrected chi connectivity index (χ1v) is 5.20. The molecule has 0 radical (unpaired) electrons. The third-order valence-electron chi connectivity index (χ3n) is 1.15. The second kappa shape index (κ2) is 3.37. The first-order valence-electron chi connectivity index (χ1n) is 2.82. The van der Waals surface area contributed by atoms with Gasteiger partial charge in [-0.15, -0.1) is 0 Å². The second-order valence-electron chi connectivity index (χ2n) is 1.89. The molecule has 0 aromatic rings. The number of carboxylic acids is 1. The number of aliphatic carboxylic acids is 1. The maximum atomic E-state index is 10.3. The molecule has 1 fully saturated rings. The molecule has 4 heteroatoms. The number of hydrogen-bond acceptors (Lipinski definition) is 3. The van der Waals surface area contributed by atoms with E-state index in [1.807, 2.05) is 0 Å². The molecule has 9 heavy (non-hydrogen) atoms. The summed E-state index contributed by atoms with van der Waals surface area (Å²) in [6, 6.07) is 0. The van der Waals surface area contributed by atoms with Gasteiger partial charge in [0, 0.05) is 5.75 Å². The Hall–Kier alpha value is 0.170.